The van der Waals surface area contributed by atoms with Crippen LogP contribution < -0.4 is 10.1 Å². The van der Waals surface area contributed by atoms with Crippen molar-refractivity contribution in [3.8, 4) is 5.75 Å². The third kappa shape index (κ3) is 2.40. The maximum atomic E-state index is 5.69. The highest BCUT2D eigenvalue weighted by atomic mass is 35.5. The van der Waals surface area contributed by atoms with Crippen molar-refractivity contribution in [3.63, 3.8) is 0 Å². The highest BCUT2D eigenvalue weighted by Gasteiger charge is 2.13. The Kier molecular flexibility index (Phi) is 4.23. The number of nitrogens with one attached hydrogen (secondary N) is 1. The SMILES string of the molecule is CC[C@@H]1COc2ccccc2CN1.Cl. The standard InChI is InChI=1S/C11H15NO.ClH/c1-2-10-8-13-11-6-4-3-5-9(11)7-12-10;/h3-6,10,12H,2,7-8H2,1H3;1H/t10-;/m1./s1. The second-order valence-corrected chi connectivity index (χ2v) is 3.40. The molecule has 0 fully saturated rings. The lowest BCUT2D eigenvalue weighted by Crippen LogP contribution is -2.31. The van der Waals surface area contributed by atoms with Crippen LogP contribution in [0.25, 0.3) is 0 Å². The van der Waals surface area contributed by atoms with Gasteiger partial charge in [0.15, 0.2) is 0 Å². The van der Waals surface area contributed by atoms with Gasteiger partial charge in [-0.05, 0) is 12.5 Å². The molecular formula is C11H16ClNO. The summed E-state index contributed by atoms with van der Waals surface area (Å²) in [5.41, 5.74) is 1.26. The summed E-state index contributed by atoms with van der Waals surface area (Å²) in [4.78, 5) is 0. The van der Waals surface area contributed by atoms with Gasteiger partial charge in [-0.2, -0.15) is 0 Å². The molecule has 1 aliphatic heterocycles. The summed E-state index contributed by atoms with van der Waals surface area (Å²) >= 11 is 0. The molecule has 2 nitrogen and oxygen atoms in total. The van der Waals surface area contributed by atoms with E-state index in [1.54, 1.807) is 0 Å². The molecule has 78 valence electrons. The first-order valence-corrected chi connectivity index (χ1v) is 4.84. The van der Waals surface area contributed by atoms with Crippen molar-refractivity contribution >= 4 is 12.4 Å². The molecule has 0 saturated heterocycles. The number of fused-ring (bicyclic) bond motifs is 1. The van der Waals surface area contributed by atoms with Gasteiger partial charge in [-0.25, -0.2) is 0 Å². The minimum absolute atomic E-state index is 0. The highest BCUT2D eigenvalue weighted by Crippen LogP contribution is 2.20. The Bertz CT molecular complexity index is 263. The normalized spacial score (nSPS) is 19.9. The third-order valence-corrected chi connectivity index (χ3v) is 2.49. The second kappa shape index (κ2) is 5.23. The molecule has 0 spiro atoms. The van der Waals surface area contributed by atoms with Gasteiger partial charge in [0.25, 0.3) is 0 Å². The Balaban J connectivity index is 0.000000980. The van der Waals surface area contributed by atoms with Gasteiger partial charge in [0.1, 0.15) is 12.4 Å². The summed E-state index contributed by atoms with van der Waals surface area (Å²) in [6.45, 7) is 3.89. The Labute approximate surface area is 91.1 Å². The molecule has 1 heterocycles. The van der Waals surface area contributed by atoms with Gasteiger partial charge in [-0.1, -0.05) is 25.1 Å². The molecule has 1 N–H and O–H groups in total. The first-order valence-electron chi connectivity index (χ1n) is 4.84. The minimum Gasteiger partial charge on any atom is -0.492 e. The van der Waals surface area contributed by atoms with Crippen LogP contribution in [0, 0.1) is 0 Å². The zero-order valence-electron chi connectivity index (χ0n) is 8.32. The van der Waals surface area contributed by atoms with Crippen LogP contribution in [0.4, 0.5) is 0 Å². The summed E-state index contributed by atoms with van der Waals surface area (Å²) in [6.07, 6.45) is 1.12. The summed E-state index contributed by atoms with van der Waals surface area (Å²) in [5.74, 6) is 1.03. The molecular weight excluding hydrogens is 198 g/mol. The molecule has 1 aromatic rings. The lowest BCUT2D eigenvalue weighted by atomic mass is 10.2. The van der Waals surface area contributed by atoms with E-state index in [4.69, 9.17) is 4.74 Å². The van der Waals surface area contributed by atoms with Crippen LogP contribution in [0.2, 0.25) is 0 Å². The molecule has 3 heteroatoms. The largest absolute Gasteiger partial charge is 0.492 e. The van der Waals surface area contributed by atoms with E-state index >= 15 is 0 Å². The van der Waals surface area contributed by atoms with E-state index in [2.05, 4.69) is 24.4 Å². The monoisotopic (exact) mass is 213 g/mol. The molecule has 0 amide bonds. The Hall–Kier alpha value is -0.730. The van der Waals surface area contributed by atoms with Crippen LogP contribution in [-0.2, 0) is 6.54 Å². The van der Waals surface area contributed by atoms with E-state index < -0.39 is 0 Å². The van der Waals surface area contributed by atoms with E-state index in [1.165, 1.54) is 5.56 Å². The van der Waals surface area contributed by atoms with Crippen molar-refractivity contribution in [1.82, 2.24) is 5.32 Å². The predicted molar refractivity (Wildman–Crippen MR) is 60.1 cm³/mol. The maximum Gasteiger partial charge on any atom is 0.123 e. The fraction of sp³-hybridized carbons (Fsp3) is 0.455. The third-order valence-electron chi connectivity index (χ3n) is 2.49. The minimum atomic E-state index is 0. The molecule has 0 saturated carbocycles. The number of para-hydroxylation sites is 1. The van der Waals surface area contributed by atoms with Crippen LogP contribution >= 0.6 is 12.4 Å². The summed E-state index contributed by atoms with van der Waals surface area (Å²) < 4.78 is 5.69. The summed E-state index contributed by atoms with van der Waals surface area (Å²) in [6, 6.07) is 8.71. The van der Waals surface area contributed by atoms with E-state index in [1.807, 2.05) is 12.1 Å². The van der Waals surface area contributed by atoms with E-state index in [-0.39, 0.29) is 12.4 Å². The van der Waals surface area contributed by atoms with Gasteiger partial charge in [0.05, 0.1) is 0 Å². The van der Waals surface area contributed by atoms with Crippen molar-refractivity contribution < 1.29 is 4.74 Å². The average Bonchev–Trinajstić information content (AvgIpc) is 2.39. The van der Waals surface area contributed by atoms with Crippen molar-refractivity contribution in [1.29, 1.82) is 0 Å². The average molecular weight is 214 g/mol. The first-order chi connectivity index (χ1) is 6.40. The van der Waals surface area contributed by atoms with Crippen LogP contribution in [0.5, 0.6) is 5.75 Å². The molecule has 0 unspecified atom stereocenters. The van der Waals surface area contributed by atoms with E-state index in [0.29, 0.717) is 6.04 Å². The van der Waals surface area contributed by atoms with E-state index in [9.17, 15) is 0 Å². The van der Waals surface area contributed by atoms with Crippen LogP contribution in [0.3, 0.4) is 0 Å². The topological polar surface area (TPSA) is 21.3 Å². The zero-order valence-corrected chi connectivity index (χ0v) is 9.14. The number of hydrogen-bond acceptors (Lipinski definition) is 2. The number of rotatable bonds is 1. The number of ether oxygens (including phenoxy) is 1. The lowest BCUT2D eigenvalue weighted by molar-refractivity contribution is 0.274. The van der Waals surface area contributed by atoms with Gasteiger partial charge < -0.3 is 10.1 Å². The number of halogens is 1. The Morgan fingerprint density at radius 3 is 3.00 bits per heavy atom. The molecule has 0 aromatic heterocycles. The van der Waals surface area contributed by atoms with Gasteiger partial charge in [0, 0.05) is 18.2 Å². The molecule has 1 aliphatic rings. The zero-order chi connectivity index (χ0) is 9.10. The predicted octanol–water partition coefficient (Wildman–Crippen LogP) is 2.37. The van der Waals surface area contributed by atoms with Gasteiger partial charge >= 0.3 is 0 Å². The summed E-state index contributed by atoms with van der Waals surface area (Å²) in [5, 5.41) is 3.46. The molecule has 2 rings (SSSR count). The van der Waals surface area contributed by atoms with Crippen molar-refractivity contribution in [2.75, 3.05) is 6.61 Å². The van der Waals surface area contributed by atoms with Crippen molar-refractivity contribution in [2.24, 2.45) is 0 Å². The fourth-order valence-corrected chi connectivity index (χ4v) is 1.56. The molecule has 0 radical (unpaired) electrons. The maximum absolute atomic E-state index is 5.69. The quantitative estimate of drug-likeness (QED) is 0.774. The highest BCUT2D eigenvalue weighted by molar-refractivity contribution is 5.85. The lowest BCUT2D eigenvalue weighted by Gasteiger charge is -2.11. The number of benzene rings is 1. The van der Waals surface area contributed by atoms with Gasteiger partial charge in [-0.3, -0.25) is 0 Å². The van der Waals surface area contributed by atoms with Crippen LogP contribution in [-0.4, -0.2) is 12.6 Å². The Morgan fingerprint density at radius 2 is 2.21 bits per heavy atom. The molecule has 14 heavy (non-hydrogen) atoms. The van der Waals surface area contributed by atoms with Crippen LogP contribution in [0.15, 0.2) is 24.3 Å². The van der Waals surface area contributed by atoms with Crippen LogP contribution in [0.1, 0.15) is 18.9 Å². The van der Waals surface area contributed by atoms with Gasteiger partial charge in [-0.15, -0.1) is 12.4 Å². The Morgan fingerprint density at radius 1 is 1.43 bits per heavy atom. The molecule has 0 bridgehead atoms. The fourth-order valence-electron chi connectivity index (χ4n) is 1.56. The molecule has 1 aromatic carbocycles. The molecule has 0 aliphatic carbocycles. The first kappa shape index (κ1) is 11.3. The number of hydrogen-bond donors (Lipinski definition) is 1. The molecule has 1 atom stereocenters. The summed E-state index contributed by atoms with van der Waals surface area (Å²) in [7, 11) is 0. The van der Waals surface area contributed by atoms with Crippen molar-refractivity contribution in [2.45, 2.75) is 25.9 Å². The van der Waals surface area contributed by atoms with E-state index in [0.717, 1.165) is 25.3 Å². The second-order valence-electron chi connectivity index (χ2n) is 3.40. The van der Waals surface area contributed by atoms with Gasteiger partial charge in [0.2, 0.25) is 0 Å². The van der Waals surface area contributed by atoms with Crippen molar-refractivity contribution in [3.05, 3.63) is 29.8 Å². The smallest absolute Gasteiger partial charge is 0.123 e.